The number of aromatic nitrogens is 1. The number of rotatable bonds is 6. The summed E-state index contributed by atoms with van der Waals surface area (Å²) in [6.07, 6.45) is 0. The van der Waals surface area contributed by atoms with Crippen LogP contribution in [-0.2, 0) is 23.1 Å². The summed E-state index contributed by atoms with van der Waals surface area (Å²) in [4.78, 5) is 16.0. The van der Waals surface area contributed by atoms with Gasteiger partial charge in [-0.1, -0.05) is 18.2 Å². The highest BCUT2D eigenvalue weighted by Gasteiger charge is 2.28. The molecule has 0 spiro atoms. The van der Waals surface area contributed by atoms with Gasteiger partial charge in [0.05, 0.1) is 0 Å². The van der Waals surface area contributed by atoms with E-state index < -0.39 is 20.7 Å². The molecule has 4 rings (SSSR count). The number of benzene rings is 2. The first kappa shape index (κ1) is 21.4. The minimum Gasteiger partial charge on any atom is -0.322 e. The van der Waals surface area contributed by atoms with Crippen LogP contribution in [0.15, 0.2) is 69.7 Å². The van der Waals surface area contributed by atoms with E-state index in [4.69, 9.17) is 0 Å². The van der Waals surface area contributed by atoms with Crippen molar-refractivity contribution in [1.29, 1.82) is 0 Å². The number of H-pyrrole nitrogens is 1. The Balaban J connectivity index is 1.80. The molecule has 0 aliphatic carbocycles. The maximum absolute atomic E-state index is 14.4. The maximum atomic E-state index is 14.4. The Hall–Kier alpha value is -2.81. The lowest BCUT2D eigenvalue weighted by Gasteiger charge is -2.22. The van der Waals surface area contributed by atoms with E-state index in [0.29, 0.717) is 11.1 Å². The second-order valence-corrected chi connectivity index (χ2v) is 10.4. The van der Waals surface area contributed by atoms with Gasteiger partial charge in [-0.25, -0.2) is 12.8 Å². The number of nitrogens with one attached hydrogen (secondary N) is 1. The molecule has 2 aromatic carbocycles. The molecule has 1 N–H and O–H groups in total. The monoisotopic (exact) mass is 456 g/mol. The Morgan fingerprint density at radius 3 is 2.45 bits per heavy atom. The Labute approximate surface area is 183 Å². The molecule has 160 valence electrons. The zero-order chi connectivity index (χ0) is 22.2. The molecule has 2 aromatic heterocycles. The van der Waals surface area contributed by atoms with Crippen molar-refractivity contribution < 1.29 is 12.8 Å². The van der Waals surface area contributed by atoms with Crippen LogP contribution in [0.2, 0.25) is 0 Å². The maximum Gasteiger partial charge on any atom is 0.252 e. The topological polar surface area (TPSA) is 70.2 Å². The van der Waals surface area contributed by atoms with E-state index in [1.165, 1.54) is 29.5 Å². The molecule has 8 heteroatoms. The van der Waals surface area contributed by atoms with Crippen molar-refractivity contribution in [3.8, 4) is 0 Å². The smallest absolute Gasteiger partial charge is 0.252 e. The van der Waals surface area contributed by atoms with Gasteiger partial charge < -0.3 is 4.98 Å². The van der Waals surface area contributed by atoms with Crippen LogP contribution in [0, 0.1) is 19.7 Å². The van der Waals surface area contributed by atoms with Crippen molar-refractivity contribution in [2.45, 2.75) is 31.8 Å². The molecule has 5 nitrogen and oxygen atoms in total. The van der Waals surface area contributed by atoms with Crippen LogP contribution >= 0.6 is 11.3 Å². The van der Waals surface area contributed by atoms with Gasteiger partial charge in [-0.15, -0.1) is 11.3 Å². The van der Waals surface area contributed by atoms with Gasteiger partial charge in [0.15, 0.2) is 0 Å². The fraction of sp³-hybridized carbons (Fsp3) is 0.174. The molecular formula is C23H21FN2O3S2. The van der Waals surface area contributed by atoms with E-state index in [9.17, 15) is 17.6 Å². The Kier molecular flexibility index (Phi) is 5.79. The summed E-state index contributed by atoms with van der Waals surface area (Å²) in [5.41, 5.74) is 2.75. The van der Waals surface area contributed by atoms with Crippen molar-refractivity contribution in [3.05, 3.63) is 97.7 Å². The van der Waals surface area contributed by atoms with E-state index in [-0.39, 0.29) is 18.6 Å². The Morgan fingerprint density at radius 2 is 1.74 bits per heavy atom. The quantitative estimate of drug-likeness (QED) is 0.456. The van der Waals surface area contributed by atoms with Crippen LogP contribution in [0.5, 0.6) is 0 Å². The van der Waals surface area contributed by atoms with Crippen LogP contribution in [0.4, 0.5) is 4.39 Å². The third kappa shape index (κ3) is 4.32. The first-order chi connectivity index (χ1) is 14.8. The summed E-state index contributed by atoms with van der Waals surface area (Å²) in [6, 6.07) is 14.5. The number of fused-ring (bicyclic) bond motifs is 1. The van der Waals surface area contributed by atoms with Crippen LogP contribution < -0.4 is 5.56 Å². The average Bonchev–Trinajstić information content (AvgIpc) is 3.23. The third-order valence-electron chi connectivity index (χ3n) is 5.25. The Bertz CT molecular complexity index is 1410. The highest BCUT2D eigenvalue weighted by atomic mass is 32.2. The summed E-state index contributed by atoms with van der Waals surface area (Å²) in [5, 5.41) is 2.66. The highest BCUT2D eigenvalue weighted by Crippen LogP contribution is 2.25. The van der Waals surface area contributed by atoms with Crippen LogP contribution in [-0.4, -0.2) is 17.7 Å². The molecule has 0 fully saturated rings. The first-order valence-electron chi connectivity index (χ1n) is 9.66. The van der Waals surface area contributed by atoms with Gasteiger partial charge in [0.1, 0.15) is 10.7 Å². The third-order valence-corrected chi connectivity index (χ3v) is 7.93. The molecule has 4 aromatic rings. The zero-order valence-corrected chi connectivity index (χ0v) is 18.7. The number of hydrogen-bond acceptors (Lipinski definition) is 4. The van der Waals surface area contributed by atoms with Crippen molar-refractivity contribution in [1.82, 2.24) is 9.29 Å². The standard InChI is InChI=1S/C23H21FN2O3S2/c1-15-10-17-12-18(23(27)25-21(17)11-16(15)2)13-26(14-19-6-5-9-30-19)31(28,29)22-8-4-3-7-20(22)24/h3-12H,13-14H2,1-2H3,(H,25,27). The van der Waals surface area contributed by atoms with Gasteiger partial charge in [0.25, 0.3) is 5.56 Å². The summed E-state index contributed by atoms with van der Waals surface area (Å²) in [6.45, 7) is 3.81. The number of nitrogens with zero attached hydrogens (tertiary/aromatic N) is 1. The first-order valence-corrected chi connectivity index (χ1v) is 12.0. The number of aryl methyl sites for hydroxylation is 2. The minimum absolute atomic E-state index is 0.0404. The molecule has 0 aliphatic heterocycles. The average molecular weight is 457 g/mol. The number of hydrogen-bond donors (Lipinski definition) is 1. The molecule has 0 unspecified atom stereocenters. The SMILES string of the molecule is Cc1cc2cc(CN(Cc3cccs3)S(=O)(=O)c3ccccc3F)c(=O)[nH]c2cc1C. The van der Waals surface area contributed by atoms with Gasteiger partial charge in [0, 0.05) is 29.0 Å². The van der Waals surface area contributed by atoms with Crippen molar-refractivity contribution in [2.75, 3.05) is 0 Å². The minimum atomic E-state index is -4.18. The largest absolute Gasteiger partial charge is 0.322 e. The molecule has 31 heavy (non-hydrogen) atoms. The second kappa shape index (κ2) is 8.37. The number of pyridine rings is 1. The van der Waals surface area contributed by atoms with E-state index in [1.54, 1.807) is 6.07 Å². The molecule has 0 saturated heterocycles. The number of aromatic amines is 1. The van der Waals surface area contributed by atoms with Gasteiger partial charge in [-0.3, -0.25) is 4.79 Å². The van der Waals surface area contributed by atoms with Crippen molar-refractivity contribution in [2.24, 2.45) is 0 Å². The summed E-state index contributed by atoms with van der Waals surface area (Å²) < 4.78 is 42.2. The molecule has 0 aliphatic rings. The van der Waals surface area contributed by atoms with E-state index in [1.807, 2.05) is 43.5 Å². The summed E-state index contributed by atoms with van der Waals surface area (Å²) in [5.74, 6) is -0.822. The zero-order valence-electron chi connectivity index (χ0n) is 17.1. The fourth-order valence-corrected chi connectivity index (χ4v) is 5.69. The van der Waals surface area contributed by atoms with E-state index in [0.717, 1.165) is 31.8 Å². The molecule has 0 amide bonds. The number of thiophene rings is 1. The van der Waals surface area contributed by atoms with E-state index in [2.05, 4.69) is 4.98 Å². The van der Waals surface area contributed by atoms with Gasteiger partial charge in [-0.2, -0.15) is 4.31 Å². The van der Waals surface area contributed by atoms with Crippen LogP contribution in [0.1, 0.15) is 21.6 Å². The molecule has 0 saturated carbocycles. The summed E-state index contributed by atoms with van der Waals surface area (Å²) in [7, 11) is -4.18. The molecule has 2 heterocycles. The lowest BCUT2D eigenvalue weighted by molar-refractivity contribution is 0.399. The molecule has 0 radical (unpaired) electrons. The molecule has 0 atom stereocenters. The predicted octanol–water partition coefficient (Wildman–Crippen LogP) is 4.74. The highest BCUT2D eigenvalue weighted by molar-refractivity contribution is 7.89. The number of sulfonamides is 1. The fourth-order valence-electron chi connectivity index (χ4n) is 3.42. The van der Waals surface area contributed by atoms with Gasteiger partial charge in [0.2, 0.25) is 10.0 Å². The van der Waals surface area contributed by atoms with Crippen LogP contribution in [0.25, 0.3) is 10.9 Å². The normalized spacial score (nSPS) is 12.0. The predicted molar refractivity (Wildman–Crippen MR) is 121 cm³/mol. The van der Waals surface area contributed by atoms with Gasteiger partial charge in [-0.05, 0) is 72.1 Å². The lowest BCUT2D eigenvalue weighted by Crippen LogP contribution is -2.32. The molecular weight excluding hydrogens is 435 g/mol. The lowest BCUT2D eigenvalue weighted by atomic mass is 10.1. The second-order valence-electron chi connectivity index (χ2n) is 7.43. The van der Waals surface area contributed by atoms with Crippen molar-refractivity contribution in [3.63, 3.8) is 0 Å². The van der Waals surface area contributed by atoms with Gasteiger partial charge >= 0.3 is 0 Å². The molecule has 0 bridgehead atoms. The van der Waals surface area contributed by atoms with Crippen molar-refractivity contribution >= 4 is 32.3 Å². The van der Waals surface area contributed by atoms with E-state index >= 15 is 0 Å². The summed E-state index contributed by atoms with van der Waals surface area (Å²) >= 11 is 1.40. The van der Waals surface area contributed by atoms with Crippen LogP contribution in [0.3, 0.4) is 0 Å². The number of halogens is 1. The Morgan fingerprint density at radius 1 is 1.00 bits per heavy atom.